The van der Waals surface area contributed by atoms with Crippen LogP contribution in [0.1, 0.15) is 37.1 Å². The molecule has 2 heterocycles. The average Bonchev–Trinajstić information content (AvgIpc) is 3.31. The number of anilines is 2. The number of nitrogens with one attached hydrogen (secondary N) is 2. The maximum Gasteiger partial charge on any atom is 0.224 e. The predicted molar refractivity (Wildman–Crippen MR) is 79.7 cm³/mol. The van der Waals surface area contributed by atoms with Gasteiger partial charge in [-0.15, -0.1) is 0 Å². The van der Waals surface area contributed by atoms with Gasteiger partial charge in [0, 0.05) is 24.7 Å². The lowest BCUT2D eigenvalue weighted by Gasteiger charge is -2.10. The van der Waals surface area contributed by atoms with Crippen molar-refractivity contribution in [2.24, 2.45) is 0 Å². The highest BCUT2D eigenvalue weighted by Crippen LogP contribution is 2.39. The number of pyridine rings is 1. The van der Waals surface area contributed by atoms with Gasteiger partial charge in [-0.05, 0) is 31.9 Å². The van der Waals surface area contributed by atoms with Crippen LogP contribution in [0, 0.1) is 0 Å². The molecule has 0 amide bonds. The third kappa shape index (κ3) is 3.23. The third-order valence-corrected chi connectivity index (χ3v) is 3.25. The standard InChI is InChI=1S/C15H19N5/c1-2-16-15-19-13(11-6-7-11)9-14(20-15)18-10-12-5-3-4-8-17-12/h3-5,8-9,11H,2,6-7,10H2,1H3,(H2,16,18,19,20). The Labute approximate surface area is 118 Å². The smallest absolute Gasteiger partial charge is 0.224 e. The second-order valence-electron chi connectivity index (χ2n) is 4.98. The molecule has 0 bridgehead atoms. The fraction of sp³-hybridized carbons (Fsp3) is 0.400. The van der Waals surface area contributed by atoms with Gasteiger partial charge in [0.15, 0.2) is 0 Å². The second-order valence-corrected chi connectivity index (χ2v) is 4.98. The van der Waals surface area contributed by atoms with Gasteiger partial charge in [0.2, 0.25) is 5.95 Å². The minimum absolute atomic E-state index is 0.616. The molecule has 0 spiro atoms. The minimum Gasteiger partial charge on any atom is -0.364 e. The average molecular weight is 269 g/mol. The summed E-state index contributed by atoms with van der Waals surface area (Å²) in [6, 6.07) is 7.97. The van der Waals surface area contributed by atoms with E-state index in [4.69, 9.17) is 0 Å². The first-order chi connectivity index (χ1) is 9.85. The van der Waals surface area contributed by atoms with E-state index in [2.05, 4.69) is 31.7 Å². The molecule has 0 unspecified atom stereocenters. The predicted octanol–water partition coefficient (Wildman–Crippen LogP) is 2.79. The zero-order chi connectivity index (χ0) is 13.8. The van der Waals surface area contributed by atoms with Crippen molar-refractivity contribution < 1.29 is 0 Å². The molecule has 1 aliphatic carbocycles. The molecule has 0 atom stereocenters. The summed E-state index contributed by atoms with van der Waals surface area (Å²) in [5.74, 6) is 2.19. The van der Waals surface area contributed by atoms with E-state index in [-0.39, 0.29) is 0 Å². The van der Waals surface area contributed by atoms with Crippen LogP contribution in [-0.4, -0.2) is 21.5 Å². The van der Waals surface area contributed by atoms with Crippen molar-refractivity contribution in [3.05, 3.63) is 41.9 Å². The van der Waals surface area contributed by atoms with Crippen molar-refractivity contribution in [2.45, 2.75) is 32.2 Å². The van der Waals surface area contributed by atoms with Crippen molar-refractivity contribution in [1.29, 1.82) is 0 Å². The van der Waals surface area contributed by atoms with Crippen LogP contribution >= 0.6 is 0 Å². The first-order valence-electron chi connectivity index (χ1n) is 7.12. The van der Waals surface area contributed by atoms with Crippen LogP contribution in [0.4, 0.5) is 11.8 Å². The Bertz CT molecular complexity index is 566. The number of hydrogen-bond donors (Lipinski definition) is 2. The van der Waals surface area contributed by atoms with Gasteiger partial charge in [0.25, 0.3) is 0 Å². The normalized spacial score (nSPS) is 14.1. The van der Waals surface area contributed by atoms with Crippen LogP contribution in [0.15, 0.2) is 30.5 Å². The summed E-state index contributed by atoms with van der Waals surface area (Å²) in [4.78, 5) is 13.4. The van der Waals surface area contributed by atoms with Gasteiger partial charge in [-0.1, -0.05) is 6.07 Å². The third-order valence-electron chi connectivity index (χ3n) is 3.25. The van der Waals surface area contributed by atoms with Crippen molar-refractivity contribution in [3.8, 4) is 0 Å². The largest absolute Gasteiger partial charge is 0.364 e. The molecular formula is C15H19N5. The lowest BCUT2D eigenvalue weighted by molar-refractivity contribution is 0.959. The van der Waals surface area contributed by atoms with Gasteiger partial charge in [-0.3, -0.25) is 4.98 Å². The van der Waals surface area contributed by atoms with E-state index in [0.717, 1.165) is 23.8 Å². The number of rotatable bonds is 6. The zero-order valence-corrected chi connectivity index (χ0v) is 11.6. The van der Waals surface area contributed by atoms with Crippen LogP contribution in [0.2, 0.25) is 0 Å². The molecule has 5 nitrogen and oxygen atoms in total. The summed E-state index contributed by atoms with van der Waals surface area (Å²) in [5, 5.41) is 6.52. The summed E-state index contributed by atoms with van der Waals surface area (Å²) in [7, 11) is 0. The molecule has 0 radical (unpaired) electrons. The molecule has 1 fully saturated rings. The van der Waals surface area contributed by atoms with E-state index in [0.29, 0.717) is 18.4 Å². The van der Waals surface area contributed by atoms with E-state index in [9.17, 15) is 0 Å². The highest BCUT2D eigenvalue weighted by Gasteiger charge is 2.26. The Balaban J connectivity index is 1.74. The van der Waals surface area contributed by atoms with Crippen LogP contribution < -0.4 is 10.6 Å². The molecule has 104 valence electrons. The van der Waals surface area contributed by atoms with Gasteiger partial charge in [-0.2, -0.15) is 4.98 Å². The van der Waals surface area contributed by atoms with E-state index in [1.54, 1.807) is 6.20 Å². The van der Waals surface area contributed by atoms with E-state index >= 15 is 0 Å². The summed E-state index contributed by atoms with van der Waals surface area (Å²) in [5.41, 5.74) is 2.14. The molecular weight excluding hydrogens is 250 g/mol. The molecule has 20 heavy (non-hydrogen) atoms. The van der Waals surface area contributed by atoms with Crippen LogP contribution in [0.5, 0.6) is 0 Å². The van der Waals surface area contributed by atoms with Gasteiger partial charge >= 0.3 is 0 Å². The first-order valence-corrected chi connectivity index (χ1v) is 7.12. The van der Waals surface area contributed by atoms with Crippen LogP contribution in [0.25, 0.3) is 0 Å². The van der Waals surface area contributed by atoms with Crippen molar-refractivity contribution in [2.75, 3.05) is 17.2 Å². The molecule has 0 aromatic carbocycles. The Morgan fingerprint density at radius 2 is 2.10 bits per heavy atom. The second kappa shape index (κ2) is 5.86. The number of nitrogens with zero attached hydrogens (tertiary/aromatic N) is 3. The fourth-order valence-corrected chi connectivity index (χ4v) is 2.07. The molecule has 2 aromatic heterocycles. The molecule has 0 saturated heterocycles. The topological polar surface area (TPSA) is 62.7 Å². The molecule has 1 aliphatic rings. The molecule has 2 aromatic rings. The van der Waals surface area contributed by atoms with Gasteiger partial charge in [0.1, 0.15) is 5.82 Å². The van der Waals surface area contributed by atoms with Gasteiger partial charge < -0.3 is 10.6 Å². The highest BCUT2D eigenvalue weighted by molar-refractivity contribution is 5.44. The van der Waals surface area contributed by atoms with Crippen molar-refractivity contribution in [3.63, 3.8) is 0 Å². The number of aromatic nitrogens is 3. The molecule has 5 heteroatoms. The summed E-state index contributed by atoms with van der Waals surface area (Å²) < 4.78 is 0. The van der Waals surface area contributed by atoms with Crippen LogP contribution in [-0.2, 0) is 6.54 Å². The number of hydrogen-bond acceptors (Lipinski definition) is 5. The van der Waals surface area contributed by atoms with Crippen molar-refractivity contribution in [1.82, 2.24) is 15.0 Å². The Hall–Kier alpha value is -2.17. The van der Waals surface area contributed by atoms with E-state index < -0.39 is 0 Å². The molecule has 1 saturated carbocycles. The maximum absolute atomic E-state index is 4.56. The lowest BCUT2D eigenvalue weighted by Crippen LogP contribution is -2.08. The van der Waals surface area contributed by atoms with E-state index in [1.165, 1.54) is 12.8 Å². The van der Waals surface area contributed by atoms with Gasteiger partial charge in [-0.25, -0.2) is 4.98 Å². The fourth-order valence-electron chi connectivity index (χ4n) is 2.07. The van der Waals surface area contributed by atoms with Gasteiger partial charge in [0.05, 0.1) is 17.9 Å². The van der Waals surface area contributed by atoms with E-state index in [1.807, 2.05) is 25.1 Å². The van der Waals surface area contributed by atoms with Crippen LogP contribution in [0.3, 0.4) is 0 Å². The Morgan fingerprint density at radius 3 is 2.80 bits per heavy atom. The Kier molecular flexibility index (Phi) is 3.76. The van der Waals surface area contributed by atoms with Crippen molar-refractivity contribution >= 4 is 11.8 Å². The molecule has 0 aliphatic heterocycles. The maximum atomic E-state index is 4.56. The SMILES string of the molecule is CCNc1nc(NCc2ccccn2)cc(C2CC2)n1. The quantitative estimate of drug-likeness (QED) is 0.844. The summed E-state index contributed by atoms with van der Waals surface area (Å²) in [6.07, 6.45) is 4.28. The first kappa shape index (κ1) is 12.8. The minimum atomic E-state index is 0.616. The molecule has 3 rings (SSSR count). The lowest BCUT2D eigenvalue weighted by atomic mass is 10.2. The highest BCUT2D eigenvalue weighted by atomic mass is 15.1. The monoisotopic (exact) mass is 269 g/mol. The summed E-state index contributed by atoms with van der Waals surface area (Å²) in [6.45, 7) is 3.55. The summed E-state index contributed by atoms with van der Waals surface area (Å²) >= 11 is 0. The Morgan fingerprint density at radius 1 is 1.20 bits per heavy atom. The zero-order valence-electron chi connectivity index (χ0n) is 11.6. The molecule has 2 N–H and O–H groups in total.